The van der Waals surface area contributed by atoms with Crippen molar-refractivity contribution in [3.8, 4) is 0 Å². The van der Waals surface area contributed by atoms with Gasteiger partial charge in [0, 0.05) is 5.41 Å². The maximum atomic E-state index is 2.47. The van der Waals surface area contributed by atoms with E-state index in [-0.39, 0.29) is 0 Å². The standard InChI is InChI=1S/C12H22/c1-5-6-7-12(8-10(2)3)9-11(12)4/h9-10H,5-8H2,1-4H3. The topological polar surface area (TPSA) is 0 Å². The Hall–Kier alpha value is -0.260. The molecule has 0 saturated carbocycles. The van der Waals surface area contributed by atoms with Crippen molar-refractivity contribution in [2.75, 3.05) is 0 Å². The zero-order chi connectivity index (χ0) is 9.19. The highest BCUT2D eigenvalue weighted by atomic mass is 14.4. The Labute approximate surface area is 77.1 Å². The van der Waals surface area contributed by atoms with Crippen molar-refractivity contribution in [2.45, 2.75) is 53.4 Å². The van der Waals surface area contributed by atoms with Crippen LogP contribution in [-0.2, 0) is 0 Å². The summed E-state index contributed by atoms with van der Waals surface area (Å²) in [5, 5.41) is 0. The smallest absolute Gasteiger partial charge is 0.00935 e. The average Bonchev–Trinajstić information content (AvgIpc) is 2.57. The maximum absolute atomic E-state index is 2.47. The molecule has 1 aliphatic carbocycles. The summed E-state index contributed by atoms with van der Waals surface area (Å²) in [6, 6.07) is 0. The van der Waals surface area contributed by atoms with Gasteiger partial charge >= 0.3 is 0 Å². The lowest BCUT2D eigenvalue weighted by Gasteiger charge is -2.19. The largest absolute Gasteiger partial charge is 0.0745 e. The molecule has 0 bridgehead atoms. The summed E-state index contributed by atoms with van der Waals surface area (Å²) in [5.74, 6) is 0.843. The molecule has 0 nitrogen and oxygen atoms in total. The molecule has 1 atom stereocenters. The van der Waals surface area contributed by atoms with Crippen molar-refractivity contribution >= 4 is 0 Å². The van der Waals surface area contributed by atoms with Crippen LogP contribution in [-0.4, -0.2) is 0 Å². The predicted molar refractivity (Wildman–Crippen MR) is 55.2 cm³/mol. The molecule has 0 radical (unpaired) electrons. The minimum Gasteiger partial charge on any atom is -0.0745 e. The van der Waals surface area contributed by atoms with E-state index in [0.29, 0.717) is 5.41 Å². The van der Waals surface area contributed by atoms with Gasteiger partial charge in [-0.1, -0.05) is 45.3 Å². The van der Waals surface area contributed by atoms with E-state index in [2.05, 4.69) is 33.8 Å². The zero-order valence-corrected chi connectivity index (χ0v) is 8.98. The van der Waals surface area contributed by atoms with Crippen LogP contribution in [0.4, 0.5) is 0 Å². The van der Waals surface area contributed by atoms with Crippen LogP contribution in [0.3, 0.4) is 0 Å². The molecule has 0 aliphatic heterocycles. The number of rotatable bonds is 5. The lowest BCUT2D eigenvalue weighted by Crippen LogP contribution is -2.08. The number of unbranched alkanes of at least 4 members (excludes halogenated alkanes) is 1. The van der Waals surface area contributed by atoms with Gasteiger partial charge < -0.3 is 0 Å². The molecule has 1 unspecified atom stereocenters. The monoisotopic (exact) mass is 166 g/mol. The fourth-order valence-electron chi connectivity index (χ4n) is 2.19. The van der Waals surface area contributed by atoms with Crippen LogP contribution >= 0.6 is 0 Å². The molecule has 0 aromatic heterocycles. The highest BCUT2D eigenvalue weighted by molar-refractivity contribution is 5.36. The first-order chi connectivity index (χ1) is 5.60. The Kier molecular flexibility index (Phi) is 2.98. The van der Waals surface area contributed by atoms with Crippen molar-refractivity contribution in [1.82, 2.24) is 0 Å². The van der Waals surface area contributed by atoms with Gasteiger partial charge in [0.05, 0.1) is 0 Å². The third-order valence-corrected chi connectivity index (χ3v) is 2.94. The molecule has 0 aromatic carbocycles. The first-order valence-electron chi connectivity index (χ1n) is 5.30. The van der Waals surface area contributed by atoms with Gasteiger partial charge in [-0.15, -0.1) is 0 Å². The first-order valence-corrected chi connectivity index (χ1v) is 5.30. The molecule has 0 saturated heterocycles. The third kappa shape index (κ3) is 2.12. The highest BCUT2D eigenvalue weighted by Gasteiger charge is 2.39. The molecule has 12 heavy (non-hydrogen) atoms. The highest BCUT2D eigenvalue weighted by Crippen LogP contribution is 2.52. The predicted octanol–water partition coefficient (Wildman–Crippen LogP) is 4.17. The molecule has 0 heterocycles. The van der Waals surface area contributed by atoms with Crippen molar-refractivity contribution < 1.29 is 0 Å². The van der Waals surface area contributed by atoms with Gasteiger partial charge in [-0.05, 0) is 25.7 Å². The summed E-state index contributed by atoms with van der Waals surface area (Å²) in [5.41, 5.74) is 2.22. The van der Waals surface area contributed by atoms with Crippen LogP contribution in [0.25, 0.3) is 0 Å². The molecular formula is C12H22. The molecule has 0 N–H and O–H groups in total. The first kappa shape index (κ1) is 9.83. The van der Waals surface area contributed by atoms with Gasteiger partial charge in [0.25, 0.3) is 0 Å². The van der Waals surface area contributed by atoms with Crippen molar-refractivity contribution in [3.05, 3.63) is 11.6 Å². The van der Waals surface area contributed by atoms with Gasteiger partial charge in [0.1, 0.15) is 0 Å². The SMILES string of the molecule is CCCCC1(CC(C)C)C=C1C. The van der Waals surface area contributed by atoms with Crippen molar-refractivity contribution in [2.24, 2.45) is 11.3 Å². The van der Waals surface area contributed by atoms with Crippen LogP contribution < -0.4 is 0 Å². The minimum absolute atomic E-state index is 0.574. The Morgan fingerprint density at radius 2 is 2.00 bits per heavy atom. The Morgan fingerprint density at radius 3 is 2.33 bits per heavy atom. The van der Waals surface area contributed by atoms with Crippen LogP contribution in [0.2, 0.25) is 0 Å². The summed E-state index contributed by atoms with van der Waals surface area (Å²) < 4.78 is 0. The molecular weight excluding hydrogens is 144 g/mol. The molecule has 0 amide bonds. The third-order valence-electron chi connectivity index (χ3n) is 2.94. The molecule has 1 rings (SSSR count). The van der Waals surface area contributed by atoms with Crippen LogP contribution in [0.15, 0.2) is 11.6 Å². The van der Waals surface area contributed by atoms with Crippen LogP contribution in [0.5, 0.6) is 0 Å². The van der Waals surface area contributed by atoms with E-state index in [1.165, 1.54) is 25.7 Å². The van der Waals surface area contributed by atoms with Gasteiger partial charge in [-0.25, -0.2) is 0 Å². The lowest BCUT2D eigenvalue weighted by atomic mass is 9.85. The quantitative estimate of drug-likeness (QED) is 0.538. The van der Waals surface area contributed by atoms with E-state index >= 15 is 0 Å². The lowest BCUT2D eigenvalue weighted by molar-refractivity contribution is 0.379. The molecule has 0 fully saturated rings. The zero-order valence-electron chi connectivity index (χ0n) is 8.98. The normalized spacial score (nSPS) is 27.6. The summed E-state index contributed by atoms with van der Waals surface area (Å²) in [4.78, 5) is 0. The Morgan fingerprint density at radius 1 is 1.42 bits per heavy atom. The van der Waals surface area contributed by atoms with E-state index in [0.717, 1.165) is 5.92 Å². The fourth-order valence-corrected chi connectivity index (χ4v) is 2.19. The molecule has 0 heteroatoms. The summed E-state index contributed by atoms with van der Waals surface area (Å²) in [6.07, 6.45) is 7.97. The van der Waals surface area contributed by atoms with Gasteiger partial charge in [-0.3, -0.25) is 0 Å². The second kappa shape index (κ2) is 3.64. The van der Waals surface area contributed by atoms with E-state index in [1.54, 1.807) is 5.57 Å². The van der Waals surface area contributed by atoms with Gasteiger partial charge in [0.15, 0.2) is 0 Å². The minimum atomic E-state index is 0.574. The average molecular weight is 166 g/mol. The number of hydrogen-bond donors (Lipinski definition) is 0. The van der Waals surface area contributed by atoms with Crippen molar-refractivity contribution in [1.29, 1.82) is 0 Å². The molecule has 0 aromatic rings. The Bertz CT molecular complexity index is 176. The van der Waals surface area contributed by atoms with E-state index in [1.807, 2.05) is 0 Å². The summed E-state index contributed by atoms with van der Waals surface area (Å²) in [6.45, 7) is 9.22. The fraction of sp³-hybridized carbons (Fsp3) is 0.833. The van der Waals surface area contributed by atoms with E-state index in [9.17, 15) is 0 Å². The Balaban J connectivity index is 2.33. The van der Waals surface area contributed by atoms with E-state index in [4.69, 9.17) is 0 Å². The van der Waals surface area contributed by atoms with Crippen LogP contribution in [0.1, 0.15) is 53.4 Å². The van der Waals surface area contributed by atoms with Gasteiger partial charge in [0.2, 0.25) is 0 Å². The number of allylic oxidation sites excluding steroid dienone is 2. The molecule has 0 spiro atoms. The second-order valence-electron chi connectivity index (χ2n) is 4.69. The second-order valence-corrected chi connectivity index (χ2v) is 4.69. The molecule has 70 valence electrons. The van der Waals surface area contributed by atoms with Crippen molar-refractivity contribution in [3.63, 3.8) is 0 Å². The summed E-state index contributed by atoms with van der Waals surface area (Å²) in [7, 11) is 0. The van der Waals surface area contributed by atoms with E-state index < -0.39 is 0 Å². The maximum Gasteiger partial charge on any atom is 0.00935 e. The summed E-state index contributed by atoms with van der Waals surface area (Å²) >= 11 is 0. The molecule has 1 aliphatic rings. The van der Waals surface area contributed by atoms with Gasteiger partial charge in [-0.2, -0.15) is 0 Å². The van der Waals surface area contributed by atoms with Crippen LogP contribution in [0, 0.1) is 11.3 Å². The number of hydrogen-bond acceptors (Lipinski definition) is 0.